The zero-order valence-electron chi connectivity index (χ0n) is 71.2. The summed E-state index contributed by atoms with van der Waals surface area (Å²) >= 11 is 0. The monoisotopic (exact) mass is 1710 g/mol. The number of aliphatic imine (C=N–C) groups is 1. The van der Waals surface area contributed by atoms with Gasteiger partial charge in [0.1, 0.15) is 54.4 Å². The highest BCUT2D eigenvalue weighted by Gasteiger charge is 2.44. The summed E-state index contributed by atoms with van der Waals surface area (Å²) in [4.78, 5) is 186. The normalized spacial score (nSPS) is 15.6. The molecule has 1 fully saturated rings. The summed E-state index contributed by atoms with van der Waals surface area (Å²) in [6, 6.07) is 3.98. The molecule has 1 aliphatic rings. The minimum atomic E-state index is -1.78. The summed E-state index contributed by atoms with van der Waals surface area (Å²) in [6.45, 7) is 15.5. The van der Waals surface area contributed by atoms with E-state index in [1.54, 1.807) is 76.2 Å². The molecule has 0 bridgehead atoms. The van der Waals surface area contributed by atoms with E-state index in [9.17, 15) is 72.5 Å². The first-order valence-corrected chi connectivity index (χ1v) is 41.6. The first-order chi connectivity index (χ1) is 57.9. The number of guanidine groups is 1. The average molecular weight is 1720 g/mol. The fourth-order valence-corrected chi connectivity index (χ4v) is 12.4. The van der Waals surface area contributed by atoms with Crippen molar-refractivity contribution in [2.75, 3.05) is 145 Å². The number of primary amides is 2. The van der Waals surface area contributed by atoms with Crippen molar-refractivity contribution in [3.63, 3.8) is 0 Å². The summed E-state index contributed by atoms with van der Waals surface area (Å²) in [5, 5.41) is 44.8. The SMILES string of the molecule is CCCCCC[C@H](NC(=O)[C@@H](NC(=O)[C@H](CC(C)C)NC(=O)[C@@H](NC(=O)CNC(=O)[C@@H](NC(=O)[C@H](C)NC(=O)[C@@H]1C[C@@H](O)CN1C(=O)[C@H](CC(N)=O)NC(=O)CN(CCc1ccccc1)C(=O)[C@H](CCCN=C(N)N)NC(=O)CCOCCOCCOCCOCCOCCOCCOCCOCCN)c1ccccc1)[C@@H](C)CC)[C@@H](C)O)C(N)=O. The molecule has 121 heavy (non-hydrogen) atoms. The number of carbonyl (C=O) groups excluding carboxylic acids is 13. The number of aliphatic hydroxyl groups is 2. The number of likely N-dealkylation sites (tertiary alicyclic amines) is 1. The zero-order chi connectivity index (χ0) is 89.4. The molecule has 0 radical (unpaired) electrons. The van der Waals surface area contributed by atoms with Gasteiger partial charge in [-0.05, 0) is 68.9 Å². The number of nitrogens with two attached hydrogens (primary N) is 5. The maximum absolute atomic E-state index is 14.7. The second kappa shape index (κ2) is 61.6. The van der Waals surface area contributed by atoms with Crippen LogP contribution in [0.4, 0.5) is 0 Å². The van der Waals surface area contributed by atoms with Crippen molar-refractivity contribution in [3.05, 3.63) is 71.8 Å². The number of nitrogens with zero attached hydrogens (tertiary/aromatic N) is 3. The number of rotatable bonds is 67. The quantitative estimate of drug-likeness (QED) is 0.0176. The van der Waals surface area contributed by atoms with Gasteiger partial charge in [0.25, 0.3) is 0 Å². The minimum Gasteiger partial charge on any atom is -0.391 e. The number of hydrogen-bond donors (Lipinski definition) is 16. The Balaban J connectivity index is 1.67. The van der Waals surface area contributed by atoms with Crippen molar-refractivity contribution in [1.82, 2.24) is 57.7 Å². The fraction of sp³-hybridized carbons (Fsp3) is 0.679. The number of carbonyl (C=O) groups is 13. The Morgan fingerprint density at radius 3 is 1.60 bits per heavy atom. The van der Waals surface area contributed by atoms with Crippen LogP contribution in [0, 0.1) is 11.8 Å². The Morgan fingerprint density at radius 1 is 0.545 bits per heavy atom. The molecule has 0 aliphatic carbocycles. The molecule has 2 aromatic carbocycles. The Morgan fingerprint density at radius 2 is 1.07 bits per heavy atom. The van der Waals surface area contributed by atoms with E-state index in [2.05, 4.69) is 52.8 Å². The lowest BCUT2D eigenvalue weighted by atomic mass is 9.96. The van der Waals surface area contributed by atoms with Crippen molar-refractivity contribution in [2.24, 2.45) is 45.5 Å². The van der Waals surface area contributed by atoms with Crippen LogP contribution in [0.1, 0.15) is 143 Å². The van der Waals surface area contributed by atoms with Gasteiger partial charge in [-0.25, -0.2) is 0 Å². The predicted octanol–water partition coefficient (Wildman–Crippen LogP) is -3.25. The molecular formula is C81H135N17O23. The van der Waals surface area contributed by atoms with Crippen LogP contribution in [-0.2, 0) is 107 Å². The Hall–Kier alpha value is -9.62. The molecule has 12 atom stereocenters. The van der Waals surface area contributed by atoms with Gasteiger partial charge >= 0.3 is 0 Å². The van der Waals surface area contributed by atoms with Crippen LogP contribution >= 0.6 is 0 Å². The molecular weight excluding hydrogens is 1580 g/mol. The molecule has 0 spiro atoms. The molecule has 2 aromatic rings. The van der Waals surface area contributed by atoms with Gasteiger partial charge in [0, 0.05) is 39.0 Å². The lowest BCUT2D eigenvalue weighted by molar-refractivity contribution is -0.144. The molecule has 40 nitrogen and oxygen atoms in total. The molecule has 1 aliphatic heterocycles. The van der Waals surface area contributed by atoms with Crippen LogP contribution in [0.5, 0.6) is 0 Å². The molecule has 1 saturated heterocycles. The first-order valence-electron chi connectivity index (χ1n) is 41.6. The van der Waals surface area contributed by atoms with Crippen molar-refractivity contribution >= 4 is 82.8 Å². The summed E-state index contributed by atoms with van der Waals surface area (Å²) < 4.78 is 43.9. The maximum atomic E-state index is 14.7. The molecule has 3 rings (SSSR count). The zero-order valence-corrected chi connectivity index (χ0v) is 71.2. The minimum absolute atomic E-state index is 0.00185. The van der Waals surface area contributed by atoms with Crippen molar-refractivity contribution < 1.29 is 110 Å². The van der Waals surface area contributed by atoms with Crippen LogP contribution in [0.3, 0.4) is 0 Å². The Labute approximate surface area is 708 Å². The third-order valence-corrected chi connectivity index (χ3v) is 19.1. The molecule has 0 unspecified atom stereocenters. The van der Waals surface area contributed by atoms with E-state index >= 15 is 0 Å². The average Bonchev–Trinajstić information content (AvgIpc) is 1.68. The van der Waals surface area contributed by atoms with Crippen molar-refractivity contribution in [1.29, 1.82) is 0 Å². The maximum Gasteiger partial charge on any atom is 0.247 e. The van der Waals surface area contributed by atoms with Gasteiger partial charge in [0.05, 0.1) is 137 Å². The van der Waals surface area contributed by atoms with Gasteiger partial charge < -0.3 is 134 Å². The van der Waals surface area contributed by atoms with E-state index in [4.69, 9.17) is 66.6 Å². The number of hydrogen-bond acceptors (Lipinski definition) is 25. The molecule has 0 aromatic heterocycles. The second-order valence-corrected chi connectivity index (χ2v) is 29.6. The van der Waals surface area contributed by atoms with Crippen LogP contribution in [0.25, 0.3) is 0 Å². The van der Waals surface area contributed by atoms with Crippen LogP contribution in [-0.4, -0.2) is 308 Å². The molecule has 682 valence electrons. The molecule has 40 heteroatoms. The van der Waals surface area contributed by atoms with E-state index < -0.39 is 175 Å². The highest BCUT2D eigenvalue weighted by Crippen LogP contribution is 2.22. The molecule has 1 heterocycles. The van der Waals surface area contributed by atoms with Crippen LogP contribution in [0.2, 0.25) is 0 Å². The molecule has 0 saturated carbocycles. The van der Waals surface area contributed by atoms with E-state index in [0.29, 0.717) is 98.7 Å². The Bertz CT molecular complexity index is 3460. The van der Waals surface area contributed by atoms with Gasteiger partial charge in [-0.2, -0.15) is 0 Å². The standard InChI is InChI=1S/C81H135N17O23/c1-8-10-11-18-24-60(72(84)105)92-78(111)70(56(7)99)95-74(107)62(47-53(3)4)93-77(110)69(54(5)9-2)94-67(103)50-88-76(109)71(58-22-16-13-17-23-58)96-73(106)55(6)89-75(108)64-48-59(100)51-98(64)80(113)63(49-65(83)101)91-68(104)52-97(30-26-57-20-14-12-15-21-57)79(112)61(25-19-29-87-81(85)86)90-66(102)27-31-114-33-35-116-37-39-118-41-43-120-45-46-121-44-42-119-40-38-117-36-34-115-32-28-82/h12-17,20-23,53-56,59-64,69-71,99-100H,8-11,18-19,24-52,82H2,1-7H3,(H2,83,101)(H2,84,105)(H,88,109)(H,89,108)(H,90,102)(H,91,104)(H,92,111)(H,93,110)(H,94,103)(H,95,107)(H,96,106)(H4,85,86,87)/t54-,55-,56+,59+,60-,61-,62-,63-,64-,69-,70-,71-/m0/s1. The van der Waals surface area contributed by atoms with E-state index in [1.807, 2.05) is 6.92 Å². The first kappa shape index (κ1) is 106. The van der Waals surface area contributed by atoms with Gasteiger partial charge in [-0.3, -0.25) is 67.3 Å². The van der Waals surface area contributed by atoms with Crippen LogP contribution < -0.4 is 76.5 Å². The van der Waals surface area contributed by atoms with Gasteiger partial charge in [-0.1, -0.05) is 127 Å². The number of benzene rings is 2. The van der Waals surface area contributed by atoms with E-state index in [0.717, 1.165) is 29.7 Å². The third-order valence-electron chi connectivity index (χ3n) is 19.1. The highest BCUT2D eigenvalue weighted by atomic mass is 16.6. The van der Waals surface area contributed by atoms with Crippen molar-refractivity contribution in [3.8, 4) is 0 Å². The van der Waals surface area contributed by atoms with Gasteiger partial charge in [0.2, 0.25) is 76.8 Å². The molecule has 21 N–H and O–H groups in total. The topological polar surface area (TPSA) is 593 Å². The predicted molar refractivity (Wildman–Crippen MR) is 445 cm³/mol. The summed E-state index contributed by atoms with van der Waals surface area (Å²) in [6.07, 6.45) is 0.0652. The second-order valence-electron chi connectivity index (χ2n) is 29.6. The van der Waals surface area contributed by atoms with Gasteiger partial charge in [0.15, 0.2) is 5.96 Å². The van der Waals surface area contributed by atoms with E-state index in [-0.39, 0.29) is 102 Å². The third kappa shape index (κ3) is 44.7. The lowest BCUT2D eigenvalue weighted by Gasteiger charge is -2.30. The number of amides is 13. The largest absolute Gasteiger partial charge is 0.391 e. The number of ether oxygens (including phenoxy) is 8. The fourth-order valence-electron chi connectivity index (χ4n) is 12.4. The van der Waals surface area contributed by atoms with E-state index in [1.165, 1.54) is 30.9 Å². The number of aliphatic hydroxyl groups excluding tert-OH is 2. The number of nitrogens with one attached hydrogen (secondary N) is 9. The Kier molecular flexibility index (Phi) is 53.8. The smallest absolute Gasteiger partial charge is 0.247 e. The lowest BCUT2D eigenvalue weighted by Crippen LogP contribution is -2.61. The number of unbranched alkanes of at least 4 members (excludes halogenated alkanes) is 3. The van der Waals surface area contributed by atoms with Crippen LogP contribution in [0.15, 0.2) is 65.7 Å². The van der Waals surface area contributed by atoms with Crippen molar-refractivity contribution in [2.45, 2.75) is 199 Å². The van der Waals surface area contributed by atoms with Gasteiger partial charge in [-0.15, -0.1) is 0 Å². The summed E-state index contributed by atoms with van der Waals surface area (Å²) in [5.41, 5.74) is 28.8. The highest BCUT2D eigenvalue weighted by molar-refractivity contribution is 6.00. The summed E-state index contributed by atoms with van der Waals surface area (Å²) in [7, 11) is 0. The molecule has 13 amide bonds. The number of β-amino-alcohol motifs (C(OH)–C–C–N with tert-alkyl or cyclic N) is 1. The summed E-state index contributed by atoms with van der Waals surface area (Å²) in [5.74, 6) is -12.3.